The van der Waals surface area contributed by atoms with E-state index in [2.05, 4.69) is 13.8 Å². The summed E-state index contributed by atoms with van der Waals surface area (Å²) < 4.78 is 17.6. The van der Waals surface area contributed by atoms with Crippen LogP contribution in [-0.4, -0.2) is 35.4 Å². The van der Waals surface area contributed by atoms with Gasteiger partial charge in [0.05, 0.1) is 24.3 Å². The van der Waals surface area contributed by atoms with Crippen molar-refractivity contribution in [2.75, 3.05) is 13.2 Å². The van der Waals surface area contributed by atoms with Crippen molar-refractivity contribution in [3.63, 3.8) is 0 Å². The van der Waals surface area contributed by atoms with Gasteiger partial charge in [0, 0.05) is 6.07 Å². The maximum atomic E-state index is 11.3. The summed E-state index contributed by atoms with van der Waals surface area (Å²) in [7, 11) is 0. The Morgan fingerprint density at radius 1 is 0.618 bits per heavy atom. The van der Waals surface area contributed by atoms with E-state index >= 15 is 0 Å². The predicted octanol–water partition coefficient (Wildman–Crippen LogP) is 6.58. The molecule has 186 valence electrons. The van der Waals surface area contributed by atoms with Crippen molar-refractivity contribution in [3.05, 3.63) is 53.1 Å². The first-order chi connectivity index (χ1) is 16.4. The van der Waals surface area contributed by atoms with Crippen molar-refractivity contribution in [1.82, 2.24) is 0 Å². The number of ether oxygens (including phenoxy) is 3. The monoisotopic (exact) mass is 472 g/mol. The highest BCUT2D eigenvalue weighted by atomic mass is 16.5. The number of rotatable bonds is 17. The van der Waals surface area contributed by atoms with Gasteiger partial charge in [0.15, 0.2) is 0 Å². The van der Waals surface area contributed by atoms with E-state index in [1.165, 1.54) is 25.0 Å². The molecule has 0 heterocycles. The lowest BCUT2D eigenvalue weighted by molar-refractivity contribution is 0.0696. The largest absolute Gasteiger partial charge is 0.493 e. The van der Waals surface area contributed by atoms with Crippen molar-refractivity contribution in [3.8, 4) is 17.2 Å². The summed E-state index contributed by atoms with van der Waals surface area (Å²) >= 11 is 0. The maximum absolute atomic E-state index is 11.3. The Bertz CT molecular complexity index is 859. The van der Waals surface area contributed by atoms with Crippen LogP contribution in [0.4, 0.5) is 0 Å². The molecule has 7 heteroatoms. The molecule has 34 heavy (non-hydrogen) atoms. The predicted molar refractivity (Wildman–Crippen MR) is 130 cm³/mol. The fourth-order valence-electron chi connectivity index (χ4n) is 3.41. The van der Waals surface area contributed by atoms with Gasteiger partial charge in [-0.1, -0.05) is 52.4 Å². The number of carboxylic acid groups (broad SMARTS) is 2. The van der Waals surface area contributed by atoms with Crippen molar-refractivity contribution in [2.45, 2.75) is 71.8 Å². The highest BCUT2D eigenvalue weighted by molar-refractivity contribution is 5.94. The van der Waals surface area contributed by atoms with E-state index in [0.717, 1.165) is 50.2 Å². The number of carboxylic acids is 2. The molecule has 0 saturated heterocycles. The summed E-state index contributed by atoms with van der Waals surface area (Å²) in [6.45, 7) is 5.67. The number of aromatic carboxylic acids is 2. The third kappa shape index (κ3) is 9.73. The van der Waals surface area contributed by atoms with Gasteiger partial charge >= 0.3 is 11.9 Å². The maximum Gasteiger partial charge on any atom is 0.335 e. The van der Waals surface area contributed by atoms with Gasteiger partial charge in [-0.3, -0.25) is 0 Å². The summed E-state index contributed by atoms with van der Waals surface area (Å²) in [6.07, 6.45) is 8.86. The summed E-state index contributed by atoms with van der Waals surface area (Å²) in [4.78, 5) is 22.7. The average Bonchev–Trinajstić information content (AvgIpc) is 2.82. The van der Waals surface area contributed by atoms with Gasteiger partial charge in [-0.25, -0.2) is 9.59 Å². The lowest BCUT2D eigenvalue weighted by Gasteiger charge is -2.14. The fourth-order valence-corrected chi connectivity index (χ4v) is 3.41. The Hall–Kier alpha value is -3.22. The molecule has 0 bridgehead atoms. The molecule has 0 fully saturated rings. The first-order valence-electron chi connectivity index (χ1n) is 12.1. The van der Waals surface area contributed by atoms with Crippen molar-refractivity contribution in [1.29, 1.82) is 0 Å². The number of hydrogen-bond acceptors (Lipinski definition) is 5. The second kappa shape index (κ2) is 14.8. The van der Waals surface area contributed by atoms with Crippen molar-refractivity contribution < 1.29 is 34.0 Å². The zero-order chi connectivity index (χ0) is 24.8. The molecule has 2 N–H and O–H groups in total. The number of benzene rings is 2. The molecule has 0 spiro atoms. The van der Waals surface area contributed by atoms with E-state index in [1.807, 2.05) is 18.2 Å². The van der Waals surface area contributed by atoms with Gasteiger partial charge in [-0.15, -0.1) is 0 Å². The van der Waals surface area contributed by atoms with Crippen LogP contribution in [0, 0.1) is 0 Å². The van der Waals surface area contributed by atoms with E-state index < -0.39 is 11.9 Å². The summed E-state index contributed by atoms with van der Waals surface area (Å²) in [5.74, 6) is -0.890. The Morgan fingerprint density at radius 3 is 1.53 bits per heavy atom. The summed E-state index contributed by atoms with van der Waals surface area (Å²) in [6, 6.07) is 9.33. The zero-order valence-corrected chi connectivity index (χ0v) is 20.2. The standard InChI is InChI=1S/C27H36O7/c1-3-5-7-9-11-32-23-13-20(14-24(18-23)33-12-10-8-6-4-2)19-34-25-16-21(26(28)29)15-22(17-25)27(30)31/h13-18H,3-12,19H2,1-2H3,(H,28,29)(H,30,31). The van der Waals surface area contributed by atoms with Gasteiger partial charge in [-0.05, 0) is 48.7 Å². The SMILES string of the molecule is CCCCCCOc1cc(COc2cc(C(=O)O)cc(C(=O)O)c2)cc(OCCCCCC)c1. The molecule has 7 nitrogen and oxygen atoms in total. The Labute approximate surface area is 201 Å². The first kappa shape index (κ1) is 27.0. The second-order valence-electron chi connectivity index (χ2n) is 8.28. The van der Waals surface area contributed by atoms with Crippen LogP contribution in [0.2, 0.25) is 0 Å². The van der Waals surface area contributed by atoms with E-state index in [0.29, 0.717) is 24.7 Å². The molecule has 0 aliphatic carbocycles. The average molecular weight is 473 g/mol. The highest BCUT2D eigenvalue weighted by Gasteiger charge is 2.13. The number of carbonyl (C=O) groups is 2. The van der Waals surface area contributed by atoms with Crippen LogP contribution in [0.15, 0.2) is 36.4 Å². The van der Waals surface area contributed by atoms with E-state index in [1.54, 1.807) is 0 Å². The van der Waals surface area contributed by atoms with Crippen molar-refractivity contribution >= 4 is 11.9 Å². The van der Waals surface area contributed by atoms with E-state index in [9.17, 15) is 19.8 Å². The normalized spacial score (nSPS) is 10.6. The molecular formula is C27H36O7. The van der Waals surface area contributed by atoms with Crippen LogP contribution >= 0.6 is 0 Å². The molecule has 0 aliphatic heterocycles. The van der Waals surface area contributed by atoms with Crippen LogP contribution in [0.1, 0.15) is 91.5 Å². The third-order valence-electron chi connectivity index (χ3n) is 5.28. The first-order valence-corrected chi connectivity index (χ1v) is 12.1. The molecule has 2 aromatic carbocycles. The zero-order valence-electron chi connectivity index (χ0n) is 20.2. The molecule has 0 aromatic heterocycles. The van der Waals surface area contributed by atoms with Gasteiger partial charge in [0.2, 0.25) is 0 Å². The van der Waals surface area contributed by atoms with Crippen LogP contribution in [0.25, 0.3) is 0 Å². The summed E-state index contributed by atoms with van der Waals surface area (Å²) in [5, 5.41) is 18.5. The Balaban J connectivity index is 2.11. The molecule has 2 aromatic rings. The lowest BCUT2D eigenvalue weighted by Crippen LogP contribution is -2.05. The number of hydrogen-bond donors (Lipinski definition) is 2. The van der Waals surface area contributed by atoms with Crippen LogP contribution in [0.3, 0.4) is 0 Å². The Kier molecular flexibility index (Phi) is 11.8. The third-order valence-corrected chi connectivity index (χ3v) is 5.28. The van der Waals surface area contributed by atoms with E-state index in [-0.39, 0.29) is 23.5 Å². The van der Waals surface area contributed by atoms with Gasteiger partial charge in [0.1, 0.15) is 23.9 Å². The minimum atomic E-state index is -1.22. The lowest BCUT2D eigenvalue weighted by atomic mass is 10.1. The Morgan fingerprint density at radius 2 is 1.09 bits per heavy atom. The highest BCUT2D eigenvalue weighted by Crippen LogP contribution is 2.26. The fraction of sp³-hybridized carbons (Fsp3) is 0.481. The smallest absolute Gasteiger partial charge is 0.335 e. The molecule has 0 atom stereocenters. The number of unbranched alkanes of at least 4 members (excludes halogenated alkanes) is 6. The molecular weight excluding hydrogens is 436 g/mol. The molecule has 2 rings (SSSR count). The van der Waals surface area contributed by atoms with Crippen LogP contribution in [0.5, 0.6) is 17.2 Å². The van der Waals surface area contributed by atoms with Crippen LogP contribution in [-0.2, 0) is 6.61 Å². The minimum Gasteiger partial charge on any atom is -0.493 e. The minimum absolute atomic E-state index is 0.112. The van der Waals surface area contributed by atoms with Crippen LogP contribution < -0.4 is 14.2 Å². The molecule has 0 amide bonds. The van der Waals surface area contributed by atoms with Gasteiger partial charge < -0.3 is 24.4 Å². The van der Waals surface area contributed by atoms with Gasteiger partial charge in [0.25, 0.3) is 0 Å². The summed E-state index contributed by atoms with van der Waals surface area (Å²) in [5.41, 5.74) is 0.498. The van der Waals surface area contributed by atoms with Crippen molar-refractivity contribution in [2.24, 2.45) is 0 Å². The molecule has 0 aliphatic rings. The van der Waals surface area contributed by atoms with Gasteiger partial charge in [-0.2, -0.15) is 0 Å². The molecule has 0 saturated carbocycles. The topological polar surface area (TPSA) is 102 Å². The molecule has 0 radical (unpaired) electrons. The second-order valence-corrected chi connectivity index (χ2v) is 8.28. The molecule has 0 unspecified atom stereocenters. The van der Waals surface area contributed by atoms with E-state index in [4.69, 9.17) is 14.2 Å². The quantitative estimate of drug-likeness (QED) is 0.251.